The Morgan fingerprint density at radius 1 is 0.800 bits per heavy atom. The van der Waals surface area contributed by atoms with E-state index >= 15 is 0 Å². The quantitative estimate of drug-likeness (QED) is 0.644. The Kier molecular flexibility index (Phi) is 4.51. The van der Waals surface area contributed by atoms with Gasteiger partial charge in [0.1, 0.15) is 0 Å². The zero-order valence-electron chi connectivity index (χ0n) is 1.89. The maximum absolute atomic E-state index is 5.03. The fraction of sp³-hybridized carbons (Fsp3) is 0. The second-order valence-electron chi connectivity index (χ2n) is 0.324. The zero-order valence-corrected chi connectivity index (χ0v) is 7.34. The Labute approximate surface area is 47.5 Å². The predicted molar refractivity (Wildman–Crippen MR) is 23.4 cm³/mol. The molecule has 0 bridgehead atoms. The van der Waals surface area contributed by atoms with E-state index in [2.05, 4.69) is 0 Å². The molecule has 0 amide bonds. The van der Waals surface area contributed by atoms with Gasteiger partial charge in [0.25, 0.3) is 0 Å². The molecule has 0 radical (unpaired) electrons. The van der Waals surface area contributed by atoms with Crippen LogP contribution in [0, 0.1) is 32.8 Å². The van der Waals surface area contributed by atoms with Crippen LogP contribution in [0.4, 0.5) is 0 Å². The van der Waals surface area contributed by atoms with E-state index in [0.29, 0.717) is 0 Å². The summed E-state index contributed by atoms with van der Waals surface area (Å²) in [6.45, 7) is 0. The molecule has 0 aromatic carbocycles. The van der Waals surface area contributed by atoms with Crippen LogP contribution in [0.15, 0.2) is 0 Å². The summed E-state index contributed by atoms with van der Waals surface area (Å²) in [6, 6.07) is 0. The van der Waals surface area contributed by atoms with E-state index in [9.17, 15) is 0 Å². The third kappa shape index (κ3) is 20.2. The van der Waals surface area contributed by atoms with E-state index in [-0.39, 0.29) is 0 Å². The van der Waals surface area contributed by atoms with Crippen molar-refractivity contribution in [2.75, 3.05) is 0 Å². The molecule has 0 fully saturated rings. The Hall–Kier alpha value is 2.74. The molecule has 0 aliphatic rings. The topological polar surface area (TPSA) is 0 Å². The van der Waals surface area contributed by atoms with E-state index in [1.807, 2.05) is 0 Å². The Morgan fingerprint density at radius 3 is 0.800 bits per heavy atom. The number of rotatable bonds is 0. The van der Waals surface area contributed by atoms with Crippen LogP contribution in [0.25, 0.3) is 0 Å². The molecule has 35 valence electrons. The number of hydrogen-bond acceptors (Lipinski definition) is 0. The van der Waals surface area contributed by atoms with Gasteiger partial charge in [0.05, 0.1) is 0 Å². The molecule has 0 atom stereocenters. The first-order valence-electron chi connectivity index (χ1n) is 0.571. The van der Waals surface area contributed by atoms with Crippen LogP contribution in [-0.2, 0) is 0 Å². The minimum atomic E-state index is -3.22. The standard InChI is InChI=1S/4ClH.Eu/h4*1H;/q;;;;+4/p-4. The summed E-state index contributed by atoms with van der Waals surface area (Å²) >= 11 is -3.22. The van der Waals surface area contributed by atoms with Gasteiger partial charge in [0.15, 0.2) is 0 Å². The van der Waals surface area contributed by atoms with E-state index in [1.54, 1.807) is 0 Å². The first kappa shape index (κ1) is 7.74. The Bertz CT molecular complexity index is 19.1. The molecule has 0 aromatic heterocycles. The Balaban J connectivity index is 3.02. The van der Waals surface area contributed by atoms with Crippen molar-refractivity contribution >= 4 is 16.6 Å². The normalized spacial score (nSPS) is 15.2. The van der Waals surface area contributed by atoms with Crippen LogP contribution >= 0.6 is 16.6 Å². The van der Waals surface area contributed by atoms with E-state index in [0.717, 1.165) is 0 Å². The summed E-state index contributed by atoms with van der Waals surface area (Å²) in [5, 5.41) is 0. The summed E-state index contributed by atoms with van der Waals surface area (Å²) in [7, 11) is 0. The third-order valence-electron chi connectivity index (χ3n) is 0. The molecule has 5 heavy (non-hydrogen) atoms. The third-order valence-corrected chi connectivity index (χ3v) is 0. The van der Waals surface area contributed by atoms with Gasteiger partial charge in [-0.1, -0.05) is 0 Å². The molecule has 0 rings (SSSR count). The van der Waals surface area contributed by atoms with E-state index in [1.165, 1.54) is 0 Å². The van der Waals surface area contributed by atoms with E-state index in [4.69, 9.17) is 16.6 Å². The first-order valence-corrected chi connectivity index (χ1v) is 12.7. The van der Waals surface area contributed by atoms with Gasteiger partial charge in [-0.2, -0.15) is 0 Å². The molecule has 0 aliphatic heterocycles. The van der Waals surface area contributed by atoms with Gasteiger partial charge >= 0.3 is 49.5 Å². The van der Waals surface area contributed by atoms with Crippen molar-refractivity contribution in [3.05, 3.63) is 0 Å². The molecular weight excluding hydrogens is 294 g/mol. The summed E-state index contributed by atoms with van der Waals surface area (Å²) in [5.74, 6) is 0. The molecule has 0 aliphatic carbocycles. The van der Waals surface area contributed by atoms with Gasteiger partial charge in [-0.05, 0) is 0 Å². The van der Waals surface area contributed by atoms with Crippen molar-refractivity contribution in [2.45, 2.75) is 0 Å². The van der Waals surface area contributed by atoms with Crippen LogP contribution < -0.4 is 0 Å². The van der Waals surface area contributed by atoms with Crippen LogP contribution in [0.2, 0.25) is 0 Å². The fourth-order valence-corrected chi connectivity index (χ4v) is 0. The number of halogens is 4. The molecule has 0 heterocycles. The molecule has 0 spiro atoms. The zero-order chi connectivity index (χ0) is 4.50. The molecule has 0 saturated heterocycles. The fourth-order valence-electron chi connectivity index (χ4n) is 0. The summed E-state index contributed by atoms with van der Waals surface area (Å²) in [5.41, 5.74) is 0. The second-order valence-corrected chi connectivity index (χ2v) is 21.6. The summed E-state index contributed by atoms with van der Waals surface area (Å²) in [4.78, 5) is 0. The maximum atomic E-state index is 5.03. The molecule has 0 N–H and O–H groups in total. The molecule has 0 aromatic rings. The predicted octanol–water partition coefficient (Wildman–Crippen LogP) is 2.76. The van der Waals surface area contributed by atoms with E-state index < -0.39 is 32.8 Å². The molecule has 0 unspecified atom stereocenters. The molecule has 0 saturated carbocycles. The SMILES string of the molecule is [Cl][Eu]([Cl])([Cl])[Cl]. The van der Waals surface area contributed by atoms with Crippen LogP contribution in [-0.4, -0.2) is 0 Å². The van der Waals surface area contributed by atoms with Gasteiger partial charge in [0, 0.05) is 0 Å². The summed E-state index contributed by atoms with van der Waals surface area (Å²) in [6.07, 6.45) is 0. The van der Waals surface area contributed by atoms with Gasteiger partial charge in [-0.3, -0.25) is 0 Å². The van der Waals surface area contributed by atoms with Crippen molar-refractivity contribution in [2.24, 2.45) is 0 Å². The van der Waals surface area contributed by atoms with Gasteiger partial charge < -0.3 is 0 Å². The first-order chi connectivity index (χ1) is 2.00. The average molecular weight is 294 g/mol. The minimum absolute atomic E-state index is 3.22. The molecule has 5 heteroatoms. The summed E-state index contributed by atoms with van der Waals surface area (Å²) < 4.78 is 20.1. The molecular formula is Cl4Eu. The van der Waals surface area contributed by atoms with Crippen molar-refractivity contribution in [1.29, 1.82) is 0 Å². The van der Waals surface area contributed by atoms with Crippen molar-refractivity contribution < 1.29 is 32.8 Å². The average Bonchev–Trinajstić information content (AvgIpc) is 0.722. The van der Waals surface area contributed by atoms with Crippen LogP contribution in [0.3, 0.4) is 0 Å². The van der Waals surface area contributed by atoms with Crippen molar-refractivity contribution in [3.8, 4) is 0 Å². The van der Waals surface area contributed by atoms with Crippen molar-refractivity contribution in [3.63, 3.8) is 0 Å². The van der Waals surface area contributed by atoms with Gasteiger partial charge in [-0.25, -0.2) is 0 Å². The number of hydrogen-bond donors (Lipinski definition) is 0. The van der Waals surface area contributed by atoms with Gasteiger partial charge in [-0.15, -0.1) is 0 Å². The Morgan fingerprint density at radius 2 is 0.800 bits per heavy atom. The van der Waals surface area contributed by atoms with Crippen LogP contribution in [0.1, 0.15) is 0 Å². The van der Waals surface area contributed by atoms with Gasteiger partial charge in [0.2, 0.25) is 0 Å². The van der Waals surface area contributed by atoms with Crippen LogP contribution in [0.5, 0.6) is 0 Å². The second kappa shape index (κ2) is 2.91. The molecule has 0 nitrogen and oxygen atoms in total. The monoisotopic (exact) mass is 293 g/mol. The van der Waals surface area contributed by atoms with Crippen molar-refractivity contribution in [1.82, 2.24) is 0 Å².